The molecule has 0 spiro atoms. The SMILES string of the molecule is Cc1nc2nc(NC(=O)c3nsc(Cl)c3Cl)ccc2c(C)c1C. The molecule has 0 unspecified atom stereocenters. The Hall–Kier alpha value is -1.76. The lowest BCUT2D eigenvalue weighted by Crippen LogP contribution is -2.14. The van der Waals surface area contributed by atoms with Crippen LogP contribution in [0.2, 0.25) is 9.36 Å². The van der Waals surface area contributed by atoms with Crippen molar-refractivity contribution in [2.45, 2.75) is 20.8 Å². The van der Waals surface area contributed by atoms with Crippen LogP contribution in [0.5, 0.6) is 0 Å². The van der Waals surface area contributed by atoms with Crippen LogP contribution in [0.25, 0.3) is 11.0 Å². The van der Waals surface area contributed by atoms with Gasteiger partial charge in [-0.2, -0.15) is 4.37 Å². The van der Waals surface area contributed by atoms with Crippen molar-refractivity contribution in [2.24, 2.45) is 0 Å². The summed E-state index contributed by atoms with van der Waals surface area (Å²) in [6.45, 7) is 6.00. The molecular weight excluding hydrogens is 355 g/mol. The van der Waals surface area contributed by atoms with Gasteiger partial charge in [0.1, 0.15) is 15.2 Å². The van der Waals surface area contributed by atoms with Gasteiger partial charge in [-0.25, -0.2) is 9.97 Å². The van der Waals surface area contributed by atoms with Gasteiger partial charge in [-0.15, -0.1) is 0 Å². The Balaban J connectivity index is 1.96. The fourth-order valence-electron chi connectivity index (χ4n) is 2.19. The number of amides is 1. The molecule has 1 amide bonds. The maximum Gasteiger partial charge on any atom is 0.278 e. The van der Waals surface area contributed by atoms with Gasteiger partial charge in [0.05, 0.1) is 0 Å². The average molecular weight is 367 g/mol. The van der Waals surface area contributed by atoms with Crippen molar-refractivity contribution in [3.8, 4) is 0 Å². The monoisotopic (exact) mass is 366 g/mol. The lowest BCUT2D eigenvalue weighted by Gasteiger charge is -2.09. The van der Waals surface area contributed by atoms with Crippen LogP contribution in [-0.4, -0.2) is 20.2 Å². The molecule has 3 rings (SSSR count). The molecule has 0 saturated heterocycles. The third-order valence-corrected chi connectivity index (χ3v) is 5.32. The highest BCUT2D eigenvalue weighted by molar-refractivity contribution is 7.11. The van der Waals surface area contributed by atoms with E-state index in [1.807, 2.05) is 26.8 Å². The molecule has 0 aliphatic heterocycles. The van der Waals surface area contributed by atoms with Gasteiger partial charge >= 0.3 is 0 Å². The predicted octanol–water partition coefficient (Wildman–Crippen LogP) is 4.57. The van der Waals surface area contributed by atoms with E-state index >= 15 is 0 Å². The number of hydrogen-bond acceptors (Lipinski definition) is 5. The number of pyridine rings is 2. The second-order valence-electron chi connectivity index (χ2n) is 5.09. The van der Waals surface area contributed by atoms with Crippen molar-refractivity contribution in [1.29, 1.82) is 0 Å². The number of aryl methyl sites for hydroxylation is 2. The van der Waals surface area contributed by atoms with E-state index in [-0.39, 0.29) is 15.1 Å². The molecule has 118 valence electrons. The first-order chi connectivity index (χ1) is 10.9. The standard InChI is InChI=1S/C15H12Cl2N4OS/c1-6-7(2)9-4-5-10(19-14(9)18-8(6)3)20-15(22)12-11(16)13(17)23-21-12/h4-5H,1-3H3,(H,18,19,20,22). The Morgan fingerprint density at radius 3 is 2.52 bits per heavy atom. The average Bonchev–Trinajstić information content (AvgIpc) is 2.84. The number of carbonyl (C=O) groups excluding carboxylic acids is 1. The van der Waals surface area contributed by atoms with Crippen molar-refractivity contribution < 1.29 is 4.79 Å². The van der Waals surface area contributed by atoms with Gasteiger partial charge in [-0.05, 0) is 55.6 Å². The number of anilines is 1. The normalized spacial score (nSPS) is 11.0. The van der Waals surface area contributed by atoms with E-state index in [1.165, 1.54) is 0 Å². The lowest BCUT2D eigenvalue weighted by molar-refractivity contribution is 0.102. The molecule has 0 radical (unpaired) electrons. The Kier molecular flexibility index (Phi) is 4.23. The molecule has 3 heterocycles. The number of rotatable bonds is 2. The summed E-state index contributed by atoms with van der Waals surface area (Å²) in [6.07, 6.45) is 0. The van der Waals surface area contributed by atoms with Crippen LogP contribution in [0.4, 0.5) is 5.82 Å². The highest BCUT2D eigenvalue weighted by Gasteiger charge is 2.18. The van der Waals surface area contributed by atoms with Crippen LogP contribution < -0.4 is 5.32 Å². The fraction of sp³-hybridized carbons (Fsp3) is 0.200. The molecule has 5 nitrogen and oxygen atoms in total. The van der Waals surface area contributed by atoms with Crippen LogP contribution >= 0.6 is 34.7 Å². The highest BCUT2D eigenvalue weighted by Crippen LogP contribution is 2.30. The van der Waals surface area contributed by atoms with Crippen molar-refractivity contribution in [3.05, 3.63) is 44.0 Å². The Morgan fingerprint density at radius 1 is 1.13 bits per heavy atom. The van der Waals surface area contributed by atoms with Gasteiger partial charge in [0.25, 0.3) is 5.91 Å². The zero-order valence-electron chi connectivity index (χ0n) is 12.6. The molecule has 23 heavy (non-hydrogen) atoms. The summed E-state index contributed by atoms with van der Waals surface area (Å²) < 4.78 is 4.22. The topological polar surface area (TPSA) is 67.8 Å². The number of fused-ring (bicyclic) bond motifs is 1. The van der Waals surface area contributed by atoms with E-state index in [9.17, 15) is 4.79 Å². The molecule has 0 bridgehead atoms. The molecule has 3 aromatic heterocycles. The van der Waals surface area contributed by atoms with Gasteiger partial charge in [0, 0.05) is 11.1 Å². The van der Waals surface area contributed by atoms with Gasteiger partial charge in [-0.3, -0.25) is 4.79 Å². The van der Waals surface area contributed by atoms with Crippen molar-refractivity contribution in [2.75, 3.05) is 5.32 Å². The van der Waals surface area contributed by atoms with E-state index < -0.39 is 5.91 Å². The third-order valence-electron chi connectivity index (χ3n) is 3.71. The number of halogens is 2. The fourth-order valence-corrected chi connectivity index (χ4v) is 3.18. The minimum absolute atomic E-state index is 0.0905. The highest BCUT2D eigenvalue weighted by atomic mass is 35.5. The molecule has 0 fully saturated rings. The number of nitrogens with one attached hydrogen (secondary N) is 1. The molecule has 0 atom stereocenters. The molecule has 0 saturated carbocycles. The molecule has 0 aliphatic rings. The molecule has 1 N–H and O–H groups in total. The Morgan fingerprint density at radius 2 is 1.87 bits per heavy atom. The molecular formula is C15H12Cl2N4OS. The number of aromatic nitrogens is 3. The number of carbonyl (C=O) groups is 1. The summed E-state index contributed by atoms with van der Waals surface area (Å²) in [5.74, 6) is -0.0663. The van der Waals surface area contributed by atoms with Crippen molar-refractivity contribution in [1.82, 2.24) is 14.3 Å². The second kappa shape index (κ2) is 6.03. The van der Waals surface area contributed by atoms with Gasteiger partial charge in [-0.1, -0.05) is 23.2 Å². The maximum absolute atomic E-state index is 12.2. The first-order valence-corrected chi connectivity index (χ1v) is 8.28. The summed E-state index contributed by atoms with van der Waals surface area (Å²) in [5, 5.41) is 3.78. The summed E-state index contributed by atoms with van der Waals surface area (Å²) in [6, 6.07) is 3.62. The quantitative estimate of drug-likeness (QED) is 0.720. The summed E-state index contributed by atoms with van der Waals surface area (Å²) in [4.78, 5) is 21.1. The zero-order valence-corrected chi connectivity index (χ0v) is 14.9. The minimum atomic E-state index is -0.453. The van der Waals surface area contributed by atoms with E-state index in [0.717, 1.165) is 33.7 Å². The van der Waals surface area contributed by atoms with E-state index in [0.29, 0.717) is 11.5 Å². The zero-order chi connectivity index (χ0) is 16.7. The molecule has 0 aliphatic carbocycles. The summed E-state index contributed by atoms with van der Waals surface area (Å²) in [5.41, 5.74) is 3.87. The second-order valence-corrected chi connectivity index (χ2v) is 6.84. The molecule has 0 aromatic carbocycles. The van der Waals surface area contributed by atoms with Crippen LogP contribution in [0.1, 0.15) is 27.3 Å². The van der Waals surface area contributed by atoms with Gasteiger partial charge in [0.2, 0.25) is 0 Å². The first-order valence-electron chi connectivity index (χ1n) is 6.75. The third kappa shape index (κ3) is 2.89. The maximum atomic E-state index is 12.2. The number of nitrogens with zero attached hydrogens (tertiary/aromatic N) is 3. The summed E-state index contributed by atoms with van der Waals surface area (Å²) in [7, 11) is 0. The Bertz CT molecular complexity index is 939. The lowest BCUT2D eigenvalue weighted by atomic mass is 10.1. The van der Waals surface area contributed by atoms with Crippen LogP contribution in [-0.2, 0) is 0 Å². The van der Waals surface area contributed by atoms with Crippen molar-refractivity contribution in [3.63, 3.8) is 0 Å². The first kappa shape index (κ1) is 16.1. The molecule has 3 aromatic rings. The van der Waals surface area contributed by atoms with Crippen LogP contribution in [0, 0.1) is 20.8 Å². The van der Waals surface area contributed by atoms with Crippen LogP contribution in [0.15, 0.2) is 12.1 Å². The predicted molar refractivity (Wildman–Crippen MR) is 93.8 cm³/mol. The van der Waals surface area contributed by atoms with Gasteiger partial charge in [0.15, 0.2) is 11.3 Å². The Labute approximate surface area is 146 Å². The van der Waals surface area contributed by atoms with Gasteiger partial charge < -0.3 is 5.32 Å². The van der Waals surface area contributed by atoms with E-state index in [4.69, 9.17) is 23.2 Å². The van der Waals surface area contributed by atoms with Crippen LogP contribution in [0.3, 0.4) is 0 Å². The minimum Gasteiger partial charge on any atom is -0.305 e. The van der Waals surface area contributed by atoms with E-state index in [1.54, 1.807) is 6.07 Å². The van der Waals surface area contributed by atoms with E-state index in [2.05, 4.69) is 19.7 Å². The van der Waals surface area contributed by atoms with Crippen molar-refractivity contribution >= 4 is 57.5 Å². The number of hydrogen-bond donors (Lipinski definition) is 1. The summed E-state index contributed by atoms with van der Waals surface area (Å²) >= 11 is 12.7. The molecule has 8 heteroatoms. The largest absolute Gasteiger partial charge is 0.305 e. The smallest absolute Gasteiger partial charge is 0.278 e.